The molecule has 0 aromatic heterocycles. The standard InChI is InChI=1S/C15H22N2OS/c1-19-10-4-2-3-8-17-15(18)13-6-5-12-7-9-16-14(12)11-13/h5-6,11,16H,2-4,7-10H2,1H3,(H,17,18). The van der Waals surface area contributed by atoms with Gasteiger partial charge in [-0.2, -0.15) is 11.8 Å². The van der Waals surface area contributed by atoms with Crippen molar-refractivity contribution < 1.29 is 4.79 Å². The molecule has 0 fully saturated rings. The van der Waals surface area contributed by atoms with E-state index in [2.05, 4.69) is 23.0 Å². The van der Waals surface area contributed by atoms with E-state index in [4.69, 9.17) is 0 Å². The number of anilines is 1. The molecular weight excluding hydrogens is 256 g/mol. The van der Waals surface area contributed by atoms with Gasteiger partial charge in [0.2, 0.25) is 0 Å². The van der Waals surface area contributed by atoms with Gasteiger partial charge in [-0.1, -0.05) is 12.5 Å². The lowest BCUT2D eigenvalue weighted by Crippen LogP contribution is -2.24. The Labute approximate surface area is 119 Å². The van der Waals surface area contributed by atoms with Crippen molar-refractivity contribution in [3.63, 3.8) is 0 Å². The highest BCUT2D eigenvalue weighted by molar-refractivity contribution is 7.98. The number of amides is 1. The summed E-state index contributed by atoms with van der Waals surface area (Å²) in [5, 5.41) is 6.30. The van der Waals surface area contributed by atoms with Crippen LogP contribution in [0.4, 0.5) is 5.69 Å². The second kappa shape index (κ2) is 7.43. The van der Waals surface area contributed by atoms with E-state index in [1.54, 1.807) is 0 Å². The largest absolute Gasteiger partial charge is 0.384 e. The zero-order valence-electron chi connectivity index (χ0n) is 11.5. The molecule has 4 heteroatoms. The molecule has 0 bridgehead atoms. The molecule has 1 aromatic rings. The third kappa shape index (κ3) is 4.16. The van der Waals surface area contributed by atoms with Gasteiger partial charge >= 0.3 is 0 Å². The van der Waals surface area contributed by atoms with Crippen LogP contribution >= 0.6 is 11.8 Å². The Morgan fingerprint density at radius 3 is 3.11 bits per heavy atom. The van der Waals surface area contributed by atoms with Gasteiger partial charge in [0.15, 0.2) is 0 Å². The van der Waals surface area contributed by atoms with Gasteiger partial charge in [-0.25, -0.2) is 0 Å². The molecule has 0 saturated carbocycles. The minimum Gasteiger partial charge on any atom is -0.384 e. The molecular formula is C15H22N2OS. The van der Waals surface area contributed by atoms with Gasteiger partial charge in [-0.3, -0.25) is 4.79 Å². The molecule has 0 saturated heterocycles. The maximum absolute atomic E-state index is 12.0. The van der Waals surface area contributed by atoms with Crippen LogP contribution in [-0.4, -0.2) is 31.0 Å². The molecule has 1 aliphatic rings. The average molecular weight is 278 g/mol. The first-order chi connectivity index (χ1) is 9.31. The fraction of sp³-hybridized carbons (Fsp3) is 0.533. The van der Waals surface area contributed by atoms with Gasteiger partial charge in [-0.15, -0.1) is 0 Å². The SMILES string of the molecule is CSCCCCCNC(=O)c1ccc2c(c1)NCC2. The van der Waals surface area contributed by atoms with E-state index >= 15 is 0 Å². The Morgan fingerprint density at radius 2 is 2.26 bits per heavy atom. The molecule has 104 valence electrons. The number of fused-ring (bicyclic) bond motifs is 1. The van der Waals surface area contributed by atoms with E-state index < -0.39 is 0 Å². The highest BCUT2D eigenvalue weighted by Crippen LogP contribution is 2.23. The van der Waals surface area contributed by atoms with Gasteiger partial charge in [0.05, 0.1) is 0 Å². The number of nitrogens with one attached hydrogen (secondary N) is 2. The van der Waals surface area contributed by atoms with Crippen LogP contribution in [0.2, 0.25) is 0 Å². The smallest absolute Gasteiger partial charge is 0.251 e. The maximum atomic E-state index is 12.0. The molecule has 1 heterocycles. The van der Waals surface area contributed by atoms with Crippen molar-refractivity contribution in [1.82, 2.24) is 5.32 Å². The van der Waals surface area contributed by atoms with Crippen molar-refractivity contribution in [3.8, 4) is 0 Å². The lowest BCUT2D eigenvalue weighted by molar-refractivity contribution is 0.0953. The van der Waals surface area contributed by atoms with Crippen LogP contribution in [0, 0.1) is 0 Å². The number of unbranched alkanes of at least 4 members (excludes halogenated alkanes) is 2. The minimum atomic E-state index is 0.0429. The molecule has 0 radical (unpaired) electrons. The molecule has 2 N–H and O–H groups in total. The van der Waals surface area contributed by atoms with E-state index in [9.17, 15) is 4.79 Å². The molecule has 19 heavy (non-hydrogen) atoms. The quantitative estimate of drug-likeness (QED) is 0.754. The highest BCUT2D eigenvalue weighted by Gasteiger charge is 2.12. The van der Waals surface area contributed by atoms with E-state index in [1.165, 1.54) is 24.2 Å². The number of carbonyl (C=O) groups excluding carboxylic acids is 1. The van der Waals surface area contributed by atoms with E-state index in [1.807, 2.05) is 23.9 Å². The Balaban J connectivity index is 1.74. The predicted octanol–water partition coefficient (Wildman–Crippen LogP) is 2.92. The second-order valence-corrected chi connectivity index (χ2v) is 5.84. The summed E-state index contributed by atoms with van der Waals surface area (Å²) in [7, 11) is 0. The van der Waals surface area contributed by atoms with E-state index in [0.717, 1.165) is 37.2 Å². The maximum Gasteiger partial charge on any atom is 0.251 e. The van der Waals surface area contributed by atoms with Crippen LogP contribution in [0.25, 0.3) is 0 Å². The highest BCUT2D eigenvalue weighted by atomic mass is 32.2. The number of benzene rings is 1. The fourth-order valence-electron chi connectivity index (χ4n) is 2.28. The number of hydrogen-bond donors (Lipinski definition) is 2. The van der Waals surface area contributed by atoms with Crippen molar-refractivity contribution in [2.24, 2.45) is 0 Å². The molecule has 1 aromatic carbocycles. The predicted molar refractivity (Wildman–Crippen MR) is 83.2 cm³/mol. The monoisotopic (exact) mass is 278 g/mol. The molecule has 3 nitrogen and oxygen atoms in total. The summed E-state index contributed by atoms with van der Waals surface area (Å²) in [4.78, 5) is 12.0. The Hall–Kier alpha value is -1.16. The number of thioether (sulfide) groups is 1. The fourth-order valence-corrected chi connectivity index (χ4v) is 2.78. The summed E-state index contributed by atoms with van der Waals surface area (Å²) < 4.78 is 0. The lowest BCUT2D eigenvalue weighted by atomic mass is 10.1. The number of rotatable bonds is 7. The van der Waals surface area contributed by atoms with Crippen molar-refractivity contribution in [1.29, 1.82) is 0 Å². The summed E-state index contributed by atoms with van der Waals surface area (Å²) in [5.74, 6) is 1.26. The van der Waals surface area contributed by atoms with Gasteiger partial charge in [0.1, 0.15) is 0 Å². The van der Waals surface area contributed by atoms with Gasteiger partial charge in [0, 0.05) is 24.3 Å². The first kappa shape index (κ1) is 14.3. The third-order valence-electron chi connectivity index (χ3n) is 3.39. The molecule has 0 atom stereocenters. The van der Waals surface area contributed by atoms with Crippen molar-refractivity contribution in [3.05, 3.63) is 29.3 Å². The second-order valence-electron chi connectivity index (χ2n) is 4.86. The summed E-state index contributed by atoms with van der Waals surface area (Å²) in [6.45, 7) is 1.76. The first-order valence-electron chi connectivity index (χ1n) is 6.95. The van der Waals surface area contributed by atoms with Crippen LogP contribution in [0.15, 0.2) is 18.2 Å². The summed E-state index contributed by atoms with van der Waals surface area (Å²) in [6, 6.07) is 5.95. The Morgan fingerprint density at radius 1 is 1.37 bits per heavy atom. The van der Waals surface area contributed by atoms with Crippen LogP contribution < -0.4 is 10.6 Å². The van der Waals surface area contributed by atoms with Crippen molar-refractivity contribution >= 4 is 23.4 Å². The Bertz CT molecular complexity index is 434. The van der Waals surface area contributed by atoms with E-state index in [0.29, 0.717) is 0 Å². The van der Waals surface area contributed by atoms with Crippen molar-refractivity contribution in [2.45, 2.75) is 25.7 Å². The molecule has 1 amide bonds. The van der Waals surface area contributed by atoms with Crippen LogP contribution in [0.1, 0.15) is 35.2 Å². The average Bonchev–Trinajstić information content (AvgIpc) is 2.89. The molecule has 1 aliphatic heterocycles. The Kier molecular flexibility index (Phi) is 5.58. The lowest BCUT2D eigenvalue weighted by Gasteiger charge is -2.07. The topological polar surface area (TPSA) is 41.1 Å². The molecule has 0 spiro atoms. The molecule has 0 aliphatic carbocycles. The zero-order valence-corrected chi connectivity index (χ0v) is 12.3. The summed E-state index contributed by atoms with van der Waals surface area (Å²) in [6.07, 6.45) is 6.68. The minimum absolute atomic E-state index is 0.0429. The summed E-state index contributed by atoms with van der Waals surface area (Å²) in [5.41, 5.74) is 3.19. The third-order valence-corrected chi connectivity index (χ3v) is 4.09. The van der Waals surface area contributed by atoms with Gasteiger partial charge in [-0.05, 0) is 49.0 Å². The van der Waals surface area contributed by atoms with Crippen molar-refractivity contribution in [2.75, 3.05) is 30.4 Å². The first-order valence-corrected chi connectivity index (χ1v) is 8.34. The van der Waals surface area contributed by atoms with Crippen LogP contribution in [0.5, 0.6) is 0 Å². The van der Waals surface area contributed by atoms with Gasteiger partial charge < -0.3 is 10.6 Å². The summed E-state index contributed by atoms with van der Waals surface area (Å²) >= 11 is 1.88. The molecule has 0 unspecified atom stereocenters. The molecule has 2 rings (SSSR count). The number of carbonyl (C=O) groups is 1. The van der Waals surface area contributed by atoms with Gasteiger partial charge in [0.25, 0.3) is 5.91 Å². The van der Waals surface area contributed by atoms with E-state index in [-0.39, 0.29) is 5.91 Å². The van der Waals surface area contributed by atoms with Crippen LogP contribution in [-0.2, 0) is 6.42 Å². The zero-order chi connectivity index (χ0) is 13.5. The number of hydrogen-bond acceptors (Lipinski definition) is 3. The normalized spacial score (nSPS) is 12.9. The van der Waals surface area contributed by atoms with Crippen LogP contribution in [0.3, 0.4) is 0 Å².